The SMILES string of the molecule is Cc1sc(NC(=O)C2CCN(S(=O)(=O)c3cccc(C(F)(F)F)c3)CC2)c(C(N)=O)c1C. The summed E-state index contributed by atoms with van der Waals surface area (Å²) in [4.78, 5) is 24.8. The van der Waals surface area contributed by atoms with Crippen molar-refractivity contribution in [2.45, 2.75) is 37.8 Å². The molecule has 3 N–H and O–H groups in total. The molecule has 174 valence electrons. The van der Waals surface area contributed by atoms with E-state index in [1.807, 2.05) is 0 Å². The Bertz CT molecular complexity index is 1150. The number of amides is 2. The molecule has 0 bridgehead atoms. The number of hydrogen-bond acceptors (Lipinski definition) is 5. The average molecular weight is 490 g/mol. The average Bonchev–Trinajstić information content (AvgIpc) is 3.00. The highest BCUT2D eigenvalue weighted by Gasteiger charge is 2.35. The molecule has 2 heterocycles. The van der Waals surface area contributed by atoms with Crippen molar-refractivity contribution in [3.8, 4) is 0 Å². The largest absolute Gasteiger partial charge is 0.416 e. The van der Waals surface area contributed by atoms with Crippen LogP contribution in [-0.4, -0.2) is 37.6 Å². The fourth-order valence-electron chi connectivity index (χ4n) is 3.57. The zero-order valence-electron chi connectivity index (χ0n) is 17.3. The minimum absolute atomic E-state index is 0.0121. The van der Waals surface area contributed by atoms with Gasteiger partial charge < -0.3 is 11.1 Å². The number of aryl methyl sites for hydroxylation is 1. The van der Waals surface area contributed by atoms with Gasteiger partial charge >= 0.3 is 6.18 Å². The highest BCUT2D eigenvalue weighted by Crippen LogP contribution is 2.34. The number of thiophene rings is 1. The highest BCUT2D eigenvalue weighted by molar-refractivity contribution is 7.89. The Kier molecular flexibility index (Phi) is 6.68. The second kappa shape index (κ2) is 8.83. The fraction of sp³-hybridized carbons (Fsp3) is 0.400. The van der Waals surface area contributed by atoms with Crippen LogP contribution in [0, 0.1) is 19.8 Å². The standard InChI is InChI=1S/C20H22F3N3O4S2/c1-11-12(2)31-19(16(11)17(24)27)25-18(28)13-6-8-26(9-7-13)32(29,30)15-5-3-4-14(10-15)20(21,22)23/h3-5,10,13H,6-9H2,1-2H3,(H2,24,27)(H,25,28). The molecular weight excluding hydrogens is 467 g/mol. The van der Waals surface area contributed by atoms with E-state index in [1.165, 1.54) is 11.3 Å². The Morgan fingerprint density at radius 1 is 1.19 bits per heavy atom. The van der Waals surface area contributed by atoms with Crippen LogP contribution in [0.3, 0.4) is 0 Å². The monoisotopic (exact) mass is 489 g/mol. The highest BCUT2D eigenvalue weighted by atomic mass is 32.2. The molecule has 0 spiro atoms. The van der Waals surface area contributed by atoms with E-state index in [9.17, 15) is 31.2 Å². The lowest BCUT2D eigenvalue weighted by Crippen LogP contribution is -2.41. The molecule has 2 aromatic rings. The molecule has 1 fully saturated rings. The maximum atomic E-state index is 12.9. The van der Waals surface area contributed by atoms with Crippen molar-refractivity contribution >= 4 is 38.2 Å². The topological polar surface area (TPSA) is 110 Å². The molecule has 0 aliphatic carbocycles. The van der Waals surface area contributed by atoms with Crippen molar-refractivity contribution in [3.63, 3.8) is 0 Å². The molecular formula is C20H22F3N3O4S2. The Morgan fingerprint density at radius 3 is 2.38 bits per heavy atom. The van der Waals surface area contributed by atoms with Crippen LogP contribution < -0.4 is 11.1 Å². The summed E-state index contributed by atoms with van der Waals surface area (Å²) in [6.45, 7) is 3.52. The summed E-state index contributed by atoms with van der Waals surface area (Å²) in [6.07, 6.45) is -4.27. The van der Waals surface area contributed by atoms with Crippen LogP contribution in [-0.2, 0) is 21.0 Å². The van der Waals surface area contributed by atoms with Gasteiger partial charge in [0.1, 0.15) is 5.00 Å². The first-order valence-corrected chi connectivity index (χ1v) is 12.0. The fourth-order valence-corrected chi connectivity index (χ4v) is 6.15. The van der Waals surface area contributed by atoms with Crippen LogP contribution in [0.4, 0.5) is 18.2 Å². The number of sulfonamides is 1. The zero-order chi connectivity index (χ0) is 23.8. The van der Waals surface area contributed by atoms with E-state index in [0.717, 1.165) is 27.4 Å². The normalized spacial score (nSPS) is 16.2. The number of piperidine rings is 1. The molecule has 2 amide bonds. The number of rotatable bonds is 5. The molecule has 1 aromatic carbocycles. The van der Waals surface area contributed by atoms with Gasteiger partial charge in [-0.25, -0.2) is 8.42 Å². The number of nitrogens with one attached hydrogen (secondary N) is 1. The number of hydrogen-bond donors (Lipinski definition) is 2. The number of nitrogens with two attached hydrogens (primary N) is 1. The van der Waals surface area contributed by atoms with Gasteiger partial charge in [0, 0.05) is 23.9 Å². The van der Waals surface area contributed by atoms with E-state index in [0.29, 0.717) is 16.6 Å². The Hall–Kier alpha value is -2.44. The van der Waals surface area contributed by atoms with E-state index in [2.05, 4.69) is 5.32 Å². The van der Waals surface area contributed by atoms with Crippen LogP contribution in [0.2, 0.25) is 0 Å². The molecule has 1 aliphatic heterocycles. The number of nitrogens with zero attached hydrogens (tertiary/aromatic N) is 1. The van der Waals surface area contributed by atoms with Gasteiger partial charge in [0.2, 0.25) is 15.9 Å². The molecule has 1 aliphatic rings. The summed E-state index contributed by atoms with van der Waals surface area (Å²) < 4.78 is 65.5. The predicted octanol–water partition coefficient (Wildman–Crippen LogP) is 3.52. The lowest BCUT2D eigenvalue weighted by Gasteiger charge is -2.30. The number of primary amides is 1. The van der Waals surface area contributed by atoms with Crippen molar-refractivity contribution < 1.29 is 31.2 Å². The summed E-state index contributed by atoms with van der Waals surface area (Å²) >= 11 is 1.24. The predicted molar refractivity (Wildman–Crippen MR) is 114 cm³/mol. The van der Waals surface area contributed by atoms with Crippen LogP contribution in [0.25, 0.3) is 0 Å². The van der Waals surface area contributed by atoms with Gasteiger partial charge in [-0.05, 0) is 50.5 Å². The molecule has 0 atom stereocenters. The summed E-state index contributed by atoms with van der Waals surface area (Å²) in [7, 11) is -4.13. The van der Waals surface area contributed by atoms with Gasteiger partial charge in [0.15, 0.2) is 0 Å². The minimum Gasteiger partial charge on any atom is -0.365 e. The first kappa shape index (κ1) is 24.2. The molecule has 0 saturated carbocycles. The first-order chi connectivity index (χ1) is 14.8. The van der Waals surface area contributed by atoms with Crippen molar-refractivity contribution in [1.82, 2.24) is 4.31 Å². The Balaban J connectivity index is 1.69. The van der Waals surface area contributed by atoms with E-state index in [4.69, 9.17) is 5.73 Å². The third kappa shape index (κ3) is 4.81. The van der Waals surface area contributed by atoms with Gasteiger partial charge in [0.25, 0.3) is 5.91 Å². The third-order valence-corrected chi connectivity index (χ3v) is 8.51. The lowest BCUT2D eigenvalue weighted by molar-refractivity contribution is -0.137. The second-order valence-electron chi connectivity index (χ2n) is 7.54. The van der Waals surface area contributed by atoms with E-state index < -0.39 is 38.5 Å². The molecule has 1 saturated heterocycles. The van der Waals surface area contributed by atoms with Crippen LogP contribution in [0.15, 0.2) is 29.2 Å². The van der Waals surface area contributed by atoms with Gasteiger partial charge in [-0.15, -0.1) is 11.3 Å². The quantitative estimate of drug-likeness (QED) is 0.670. The maximum absolute atomic E-state index is 12.9. The molecule has 7 nitrogen and oxygen atoms in total. The van der Waals surface area contributed by atoms with Gasteiger partial charge in [-0.2, -0.15) is 17.5 Å². The first-order valence-electron chi connectivity index (χ1n) is 9.70. The molecule has 12 heteroatoms. The maximum Gasteiger partial charge on any atom is 0.416 e. The summed E-state index contributed by atoms with van der Waals surface area (Å²) in [5, 5.41) is 3.08. The van der Waals surface area contributed by atoms with Crippen molar-refractivity contribution in [3.05, 3.63) is 45.8 Å². The molecule has 0 radical (unpaired) electrons. The van der Waals surface area contributed by atoms with E-state index in [-0.39, 0.29) is 37.4 Å². The second-order valence-corrected chi connectivity index (χ2v) is 10.7. The van der Waals surface area contributed by atoms with Crippen molar-refractivity contribution in [1.29, 1.82) is 0 Å². The van der Waals surface area contributed by atoms with E-state index >= 15 is 0 Å². The van der Waals surface area contributed by atoms with Crippen molar-refractivity contribution in [2.75, 3.05) is 18.4 Å². The molecule has 3 rings (SSSR count). The number of benzene rings is 1. The van der Waals surface area contributed by atoms with E-state index in [1.54, 1.807) is 13.8 Å². The number of alkyl halides is 3. The number of carbonyl (C=O) groups excluding carboxylic acids is 2. The van der Waals surface area contributed by atoms with Crippen LogP contribution in [0.5, 0.6) is 0 Å². The molecule has 0 unspecified atom stereocenters. The Labute approximate surface area is 187 Å². The lowest BCUT2D eigenvalue weighted by atomic mass is 9.97. The van der Waals surface area contributed by atoms with Crippen LogP contribution in [0.1, 0.15) is 39.2 Å². The van der Waals surface area contributed by atoms with Crippen molar-refractivity contribution in [2.24, 2.45) is 11.7 Å². The van der Waals surface area contributed by atoms with Gasteiger partial charge in [-0.3, -0.25) is 9.59 Å². The summed E-state index contributed by atoms with van der Waals surface area (Å²) in [6, 6.07) is 3.60. The number of halogens is 3. The third-order valence-electron chi connectivity index (χ3n) is 5.49. The summed E-state index contributed by atoms with van der Waals surface area (Å²) in [5.74, 6) is -1.51. The van der Waals surface area contributed by atoms with Gasteiger partial charge in [0.05, 0.1) is 16.0 Å². The molecule has 1 aromatic heterocycles. The zero-order valence-corrected chi connectivity index (χ0v) is 19.0. The minimum atomic E-state index is -4.65. The molecule has 32 heavy (non-hydrogen) atoms. The smallest absolute Gasteiger partial charge is 0.365 e. The summed E-state index contributed by atoms with van der Waals surface area (Å²) in [5.41, 5.74) is 5.32. The van der Waals surface area contributed by atoms with Crippen LogP contribution >= 0.6 is 11.3 Å². The number of anilines is 1. The Morgan fingerprint density at radius 2 is 1.81 bits per heavy atom. The van der Waals surface area contributed by atoms with Gasteiger partial charge in [-0.1, -0.05) is 6.07 Å². The number of carbonyl (C=O) groups is 2.